The third kappa shape index (κ3) is 8.35. The lowest BCUT2D eigenvalue weighted by Gasteiger charge is -2.32. The van der Waals surface area contributed by atoms with Crippen LogP contribution in [-0.2, 0) is 17.5 Å². The Labute approximate surface area is 232 Å². The van der Waals surface area contributed by atoms with E-state index in [0.29, 0.717) is 57.3 Å². The number of thiophene rings is 1. The lowest BCUT2D eigenvalue weighted by molar-refractivity contribution is -0.134. The van der Waals surface area contributed by atoms with Crippen molar-refractivity contribution >= 4 is 46.8 Å². The minimum Gasteiger partial charge on any atom is -0.341 e. The predicted octanol–water partition coefficient (Wildman–Crippen LogP) is 5.59. The fourth-order valence-corrected chi connectivity index (χ4v) is 5.58. The molecule has 0 aliphatic carbocycles. The number of piperidine rings is 1. The maximum Gasteiger partial charge on any atom is 0.425 e. The first-order valence-corrected chi connectivity index (χ1v) is 13.9. The van der Waals surface area contributed by atoms with E-state index in [1.165, 1.54) is 6.07 Å². The van der Waals surface area contributed by atoms with E-state index in [1.54, 1.807) is 31.5 Å². The van der Waals surface area contributed by atoms with Gasteiger partial charge in [-0.25, -0.2) is 9.97 Å². The highest BCUT2D eigenvalue weighted by Gasteiger charge is 2.32. The van der Waals surface area contributed by atoms with E-state index in [1.807, 2.05) is 12.1 Å². The maximum atomic E-state index is 12.9. The molecule has 206 valence electrons. The molecule has 39 heavy (non-hydrogen) atoms. The molecule has 0 radical (unpaired) electrons. The average molecular weight is 577 g/mol. The van der Waals surface area contributed by atoms with Gasteiger partial charge in [0.15, 0.2) is 0 Å². The Hall–Kier alpha value is -3.29. The molecule has 0 saturated carbocycles. The number of hydrogen-bond donors (Lipinski definition) is 2. The highest BCUT2D eigenvalue weighted by atomic mass is 32.2. The quantitative estimate of drug-likeness (QED) is 0.318. The van der Waals surface area contributed by atoms with Crippen LogP contribution >= 0.6 is 23.1 Å². The van der Waals surface area contributed by atoms with E-state index < -0.39 is 16.3 Å². The van der Waals surface area contributed by atoms with Crippen LogP contribution < -0.4 is 15.5 Å². The molecular formula is C26H27F3N6O2S2. The van der Waals surface area contributed by atoms with Crippen LogP contribution in [0, 0.1) is 5.92 Å². The molecule has 4 rings (SSSR count). The van der Waals surface area contributed by atoms with Crippen LogP contribution in [-0.4, -0.2) is 46.2 Å². The third-order valence-corrected chi connectivity index (χ3v) is 7.96. The standard InChI is InChI=1S/C26H27F3N6O2S2/c1-17(38-25(37)33-16-36)12-20-5-9-32-24(34-20)35-10-6-18(7-11-35)14-30-15-19-4-8-31-21(13-19)22-2-3-23(39-22)26(27,28)29/h2-5,8-9,12-13,16,18,30H,6-7,10-11,14-15H2,1H3,(H,33,36,37)/b17-12-. The molecule has 8 nitrogen and oxygen atoms in total. The van der Waals surface area contributed by atoms with Crippen LogP contribution in [0.2, 0.25) is 0 Å². The Kier molecular flexibility index (Phi) is 9.70. The number of halogens is 3. The summed E-state index contributed by atoms with van der Waals surface area (Å²) in [5, 5.41) is 5.11. The number of nitrogens with zero attached hydrogens (tertiary/aromatic N) is 4. The van der Waals surface area contributed by atoms with E-state index in [9.17, 15) is 22.8 Å². The summed E-state index contributed by atoms with van der Waals surface area (Å²) in [5.74, 6) is 1.11. The van der Waals surface area contributed by atoms with Gasteiger partial charge in [-0.3, -0.25) is 19.9 Å². The van der Waals surface area contributed by atoms with Crippen molar-refractivity contribution in [1.29, 1.82) is 0 Å². The van der Waals surface area contributed by atoms with Gasteiger partial charge in [-0.15, -0.1) is 11.3 Å². The summed E-state index contributed by atoms with van der Waals surface area (Å²) in [4.78, 5) is 37.9. The smallest absolute Gasteiger partial charge is 0.341 e. The molecule has 0 aromatic carbocycles. The Bertz CT molecular complexity index is 1320. The number of alkyl halides is 3. The van der Waals surface area contributed by atoms with Gasteiger partial charge in [-0.2, -0.15) is 13.2 Å². The van der Waals surface area contributed by atoms with E-state index in [-0.39, 0.29) is 0 Å². The molecule has 0 spiro atoms. The van der Waals surface area contributed by atoms with Gasteiger partial charge in [0.05, 0.1) is 16.3 Å². The van der Waals surface area contributed by atoms with Gasteiger partial charge in [0.25, 0.3) is 5.24 Å². The molecule has 4 heterocycles. The van der Waals surface area contributed by atoms with E-state index >= 15 is 0 Å². The molecule has 1 aliphatic heterocycles. The summed E-state index contributed by atoms with van der Waals surface area (Å²) in [6, 6.07) is 8.01. The van der Waals surface area contributed by atoms with Crippen molar-refractivity contribution in [2.75, 3.05) is 24.5 Å². The second kappa shape index (κ2) is 13.2. The molecule has 3 aromatic heterocycles. The molecule has 1 aliphatic rings. The zero-order valence-electron chi connectivity index (χ0n) is 21.1. The van der Waals surface area contributed by atoms with Gasteiger partial charge in [0, 0.05) is 32.0 Å². The molecule has 13 heteroatoms. The normalized spacial score (nSPS) is 14.9. The number of allylic oxidation sites excluding steroid dienone is 1. The van der Waals surface area contributed by atoms with Crippen LogP contribution in [0.3, 0.4) is 0 Å². The molecule has 0 atom stereocenters. The zero-order chi connectivity index (χ0) is 27.8. The average Bonchev–Trinajstić information content (AvgIpc) is 3.41. The van der Waals surface area contributed by atoms with Gasteiger partial charge < -0.3 is 10.2 Å². The Morgan fingerprint density at radius 1 is 1.18 bits per heavy atom. The summed E-state index contributed by atoms with van der Waals surface area (Å²) in [6.45, 7) is 4.83. The molecular weight excluding hydrogens is 549 g/mol. The van der Waals surface area contributed by atoms with Gasteiger partial charge in [0.1, 0.15) is 4.88 Å². The van der Waals surface area contributed by atoms with Crippen LogP contribution in [0.5, 0.6) is 0 Å². The van der Waals surface area contributed by atoms with Crippen molar-refractivity contribution < 1.29 is 22.8 Å². The van der Waals surface area contributed by atoms with Gasteiger partial charge in [0.2, 0.25) is 12.4 Å². The highest BCUT2D eigenvalue weighted by molar-refractivity contribution is 8.17. The maximum absolute atomic E-state index is 12.9. The topological polar surface area (TPSA) is 100 Å². The van der Waals surface area contributed by atoms with E-state index in [4.69, 9.17) is 0 Å². The number of amides is 2. The molecule has 0 bridgehead atoms. The van der Waals surface area contributed by atoms with Gasteiger partial charge >= 0.3 is 6.18 Å². The van der Waals surface area contributed by atoms with Gasteiger partial charge in [-0.1, -0.05) is 0 Å². The van der Waals surface area contributed by atoms with Crippen molar-refractivity contribution in [3.8, 4) is 10.6 Å². The molecule has 2 N–H and O–H groups in total. The minimum atomic E-state index is -4.35. The number of pyridine rings is 1. The first-order valence-electron chi connectivity index (χ1n) is 12.2. The van der Waals surface area contributed by atoms with Crippen LogP contribution in [0.1, 0.15) is 35.9 Å². The number of imide groups is 1. The molecule has 3 aromatic rings. The summed E-state index contributed by atoms with van der Waals surface area (Å²) in [6.07, 6.45) is 3.02. The number of carbonyl (C=O) groups is 2. The number of rotatable bonds is 9. The lowest BCUT2D eigenvalue weighted by Crippen LogP contribution is -2.38. The molecule has 1 fully saturated rings. The monoisotopic (exact) mass is 576 g/mol. The Morgan fingerprint density at radius 3 is 2.67 bits per heavy atom. The summed E-state index contributed by atoms with van der Waals surface area (Å²) < 4.78 is 38.8. The molecule has 1 saturated heterocycles. The second-order valence-electron chi connectivity index (χ2n) is 8.96. The summed E-state index contributed by atoms with van der Waals surface area (Å²) in [7, 11) is 0. The number of nitrogens with one attached hydrogen (secondary N) is 2. The number of aromatic nitrogens is 3. The predicted molar refractivity (Wildman–Crippen MR) is 147 cm³/mol. The van der Waals surface area contributed by atoms with E-state index in [0.717, 1.165) is 55.9 Å². The Balaban J connectivity index is 1.25. The van der Waals surface area contributed by atoms with E-state index in [2.05, 4.69) is 30.5 Å². The number of hydrogen-bond acceptors (Lipinski definition) is 9. The van der Waals surface area contributed by atoms with Crippen molar-refractivity contribution in [3.05, 3.63) is 63.8 Å². The first kappa shape index (κ1) is 28.7. The fraction of sp³-hybridized carbons (Fsp3) is 0.346. The largest absolute Gasteiger partial charge is 0.425 e. The SMILES string of the molecule is C/C(=C/c1ccnc(N2CCC(CNCc3ccnc(-c4ccc(C(F)(F)F)s4)c3)CC2)n1)SC(=O)NC=O. The van der Waals surface area contributed by atoms with Crippen molar-refractivity contribution in [2.24, 2.45) is 5.92 Å². The Morgan fingerprint density at radius 2 is 1.95 bits per heavy atom. The van der Waals surface area contributed by atoms with Gasteiger partial charge in [-0.05, 0) is 90.9 Å². The highest BCUT2D eigenvalue weighted by Crippen LogP contribution is 2.38. The van der Waals surface area contributed by atoms with Crippen molar-refractivity contribution in [3.63, 3.8) is 0 Å². The summed E-state index contributed by atoms with van der Waals surface area (Å²) >= 11 is 1.62. The second-order valence-corrected chi connectivity index (χ2v) is 11.3. The van der Waals surface area contributed by atoms with Crippen molar-refractivity contribution in [2.45, 2.75) is 32.5 Å². The van der Waals surface area contributed by atoms with Crippen molar-refractivity contribution in [1.82, 2.24) is 25.6 Å². The number of anilines is 1. The third-order valence-electron chi connectivity index (χ3n) is 6.07. The van der Waals surface area contributed by atoms with Crippen LogP contribution in [0.15, 0.2) is 47.6 Å². The molecule has 0 unspecified atom stereocenters. The number of thioether (sulfide) groups is 1. The van der Waals surface area contributed by atoms with Crippen LogP contribution in [0.25, 0.3) is 16.6 Å². The minimum absolute atomic E-state index is 0.352. The zero-order valence-corrected chi connectivity index (χ0v) is 22.7. The molecule has 2 amide bonds. The fourth-order valence-electron chi connectivity index (χ4n) is 4.16. The lowest BCUT2D eigenvalue weighted by atomic mass is 9.97. The first-order chi connectivity index (χ1) is 18.7. The number of carbonyl (C=O) groups excluding carboxylic acids is 2. The summed E-state index contributed by atoms with van der Waals surface area (Å²) in [5.41, 5.74) is 2.19. The van der Waals surface area contributed by atoms with Crippen LogP contribution in [0.4, 0.5) is 23.9 Å².